The van der Waals surface area contributed by atoms with Gasteiger partial charge in [0.05, 0.1) is 36.7 Å². The minimum atomic E-state index is -0.991. The van der Waals surface area contributed by atoms with Crippen LogP contribution in [0.2, 0.25) is 0 Å². The molecule has 0 aliphatic carbocycles. The van der Waals surface area contributed by atoms with Crippen molar-refractivity contribution in [3.05, 3.63) is 165 Å². The predicted molar refractivity (Wildman–Crippen MR) is 226 cm³/mol. The number of piperazine rings is 1. The number of nitrogens with zero attached hydrogens (tertiary/aromatic N) is 4. The van der Waals surface area contributed by atoms with Gasteiger partial charge in [0.25, 0.3) is 11.6 Å². The van der Waals surface area contributed by atoms with Crippen molar-refractivity contribution in [1.82, 2.24) is 15.1 Å². The van der Waals surface area contributed by atoms with Crippen molar-refractivity contribution in [2.75, 3.05) is 37.6 Å². The van der Waals surface area contributed by atoms with Gasteiger partial charge in [0, 0.05) is 62.5 Å². The molecule has 5 aromatic rings. The summed E-state index contributed by atoms with van der Waals surface area (Å²) in [6.45, 7) is 3.99. The lowest BCUT2D eigenvalue weighted by molar-refractivity contribution is -0.384. The summed E-state index contributed by atoms with van der Waals surface area (Å²) in [5.41, 5.74) is 7.14. The molecule has 0 aromatic heterocycles. The van der Waals surface area contributed by atoms with E-state index in [2.05, 4.69) is 15.1 Å². The van der Waals surface area contributed by atoms with Crippen molar-refractivity contribution in [1.29, 1.82) is 0 Å². The second-order valence-corrected chi connectivity index (χ2v) is 15.5. The van der Waals surface area contributed by atoms with E-state index in [4.69, 9.17) is 14.2 Å². The predicted octanol–water partition coefficient (Wildman–Crippen LogP) is 6.68. The third kappa shape index (κ3) is 10.1. The number of amides is 3. The van der Waals surface area contributed by atoms with Gasteiger partial charge in [-0.2, -0.15) is 0 Å². The average molecular weight is 826 g/mol. The number of rotatable bonds is 13. The number of nitro groups is 1. The highest BCUT2D eigenvalue weighted by atomic mass is 16.7. The van der Waals surface area contributed by atoms with Gasteiger partial charge in [-0.3, -0.25) is 29.5 Å². The van der Waals surface area contributed by atoms with Gasteiger partial charge in [0.1, 0.15) is 12.6 Å². The lowest BCUT2D eigenvalue weighted by atomic mass is 9.98. The molecule has 3 heterocycles. The Balaban J connectivity index is 0.902. The van der Waals surface area contributed by atoms with Gasteiger partial charge in [-0.15, -0.1) is 0 Å². The van der Waals surface area contributed by atoms with Crippen LogP contribution in [0.3, 0.4) is 0 Å². The first-order chi connectivity index (χ1) is 29.7. The molecule has 5 aromatic carbocycles. The van der Waals surface area contributed by atoms with Crippen LogP contribution >= 0.6 is 0 Å². The summed E-state index contributed by atoms with van der Waals surface area (Å²) in [6, 6.07) is 38.4. The lowest BCUT2D eigenvalue weighted by Gasteiger charge is -2.41. The maximum atomic E-state index is 13.2. The van der Waals surface area contributed by atoms with Crippen LogP contribution in [0.4, 0.5) is 16.2 Å². The molecule has 314 valence electrons. The Bertz CT molecular complexity index is 2320. The van der Waals surface area contributed by atoms with Crippen molar-refractivity contribution >= 4 is 29.3 Å². The molecule has 2 N–H and O–H groups in total. The van der Waals surface area contributed by atoms with Crippen LogP contribution in [0.5, 0.6) is 0 Å². The Hall–Kier alpha value is -6.45. The molecule has 3 amide bonds. The van der Waals surface area contributed by atoms with E-state index in [0.29, 0.717) is 13.0 Å². The number of likely N-dealkylation sites (tertiary alicyclic amines) is 1. The number of hydrogen-bond acceptors (Lipinski definition) is 11. The molecular formula is C47H47N5O9. The molecular weight excluding hydrogens is 779 g/mol. The topological polar surface area (TPSA) is 164 Å². The van der Waals surface area contributed by atoms with Gasteiger partial charge < -0.3 is 29.5 Å². The number of benzene rings is 5. The Morgan fingerprint density at radius 3 is 2.20 bits per heavy atom. The Morgan fingerprint density at radius 1 is 0.787 bits per heavy atom. The van der Waals surface area contributed by atoms with Crippen LogP contribution in [-0.4, -0.2) is 82.6 Å². The minimum absolute atomic E-state index is 0.0400. The van der Waals surface area contributed by atoms with Crippen molar-refractivity contribution < 1.29 is 38.6 Å². The number of alkyl carbamates (subject to hydrolysis) is 1. The van der Waals surface area contributed by atoms with E-state index < -0.39 is 24.3 Å². The summed E-state index contributed by atoms with van der Waals surface area (Å²) in [6.07, 6.45) is -1.24. The minimum Gasteiger partial charge on any atom is -0.445 e. The monoisotopic (exact) mass is 825 g/mol. The van der Waals surface area contributed by atoms with Gasteiger partial charge >= 0.3 is 6.09 Å². The Morgan fingerprint density at radius 2 is 1.49 bits per heavy atom. The number of nitro benzene ring substituents is 1. The molecule has 0 radical (unpaired) electrons. The highest BCUT2D eigenvalue weighted by Crippen LogP contribution is 2.39. The van der Waals surface area contributed by atoms with Crippen molar-refractivity contribution in [2.24, 2.45) is 0 Å². The number of ether oxygens (including phenoxy) is 3. The molecule has 8 rings (SSSR count). The molecule has 14 heteroatoms. The fourth-order valence-corrected chi connectivity index (χ4v) is 8.03. The molecule has 3 saturated heterocycles. The molecule has 61 heavy (non-hydrogen) atoms. The number of carbonyl (C=O) groups is 3. The second kappa shape index (κ2) is 18.9. The molecule has 1 unspecified atom stereocenters. The fraction of sp³-hybridized carbons (Fsp3) is 0.298. The highest BCUT2D eigenvalue weighted by Gasteiger charge is 2.40. The summed E-state index contributed by atoms with van der Waals surface area (Å²) < 4.78 is 18.5. The third-order valence-electron chi connectivity index (χ3n) is 11.4. The number of hydrogen-bond donors (Lipinski definition) is 2. The molecule has 3 aliphatic rings. The summed E-state index contributed by atoms with van der Waals surface area (Å²) in [5.74, 6) is -0.847. The van der Waals surface area contributed by atoms with Crippen LogP contribution in [0.1, 0.15) is 53.1 Å². The summed E-state index contributed by atoms with van der Waals surface area (Å²) in [4.78, 5) is 55.1. The molecule has 3 aliphatic heterocycles. The maximum absolute atomic E-state index is 13.2. The van der Waals surface area contributed by atoms with E-state index in [9.17, 15) is 29.6 Å². The first kappa shape index (κ1) is 41.3. The van der Waals surface area contributed by atoms with E-state index >= 15 is 0 Å². The summed E-state index contributed by atoms with van der Waals surface area (Å²) in [5, 5.41) is 23.3. The zero-order valence-corrected chi connectivity index (χ0v) is 33.5. The zero-order valence-electron chi connectivity index (χ0n) is 33.5. The van der Waals surface area contributed by atoms with E-state index in [1.807, 2.05) is 103 Å². The van der Waals surface area contributed by atoms with Crippen LogP contribution in [0, 0.1) is 10.1 Å². The zero-order chi connectivity index (χ0) is 42.3. The number of anilines is 1. The quantitative estimate of drug-likeness (QED) is 0.0740. The number of aliphatic hydroxyl groups excluding tert-OH is 1. The van der Waals surface area contributed by atoms with Gasteiger partial charge in [-0.05, 0) is 51.6 Å². The van der Waals surface area contributed by atoms with Gasteiger partial charge in [-0.1, -0.05) is 97.1 Å². The van der Waals surface area contributed by atoms with Crippen molar-refractivity contribution in [2.45, 2.75) is 57.1 Å². The van der Waals surface area contributed by atoms with E-state index in [-0.39, 0.29) is 54.9 Å². The molecule has 4 atom stereocenters. The second-order valence-electron chi connectivity index (χ2n) is 15.5. The van der Waals surface area contributed by atoms with E-state index in [1.54, 1.807) is 24.3 Å². The highest BCUT2D eigenvalue weighted by molar-refractivity contribution is 6.06. The summed E-state index contributed by atoms with van der Waals surface area (Å²) >= 11 is 0. The average Bonchev–Trinajstić information content (AvgIpc) is 3.55. The van der Waals surface area contributed by atoms with Crippen LogP contribution in [0.25, 0.3) is 11.1 Å². The first-order valence-electron chi connectivity index (χ1n) is 20.4. The Kier molecular flexibility index (Phi) is 12.8. The first-order valence-corrected chi connectivity index (χ1v) is 20.4. The normalized spacial score (nSPS) is 20.7. The molecule has 3 fully saturated rings. The number of imide groups is 1. The van der Waals surface area contributed by atoms with Gasteiger partial charge in [0.2, 0.25) is 5.91 Å². The van der Waals surface area contributed by atoms with Crippen LogP contribution in [0.15, 0.2) is 127 Å². The van der Waals surface area contributed by atoms with Crippen LogP contribution in [-0.2, 0) is 43.6 Å². The summed E-state index contributed by atoms with van der Waals surface area (Å²) in [7, 11) is 0. The number of carbonyl (C=O) groups excluding carboxylic acids is 3. The number of aliphatic hydroxyl groups is 1. The maximum Gasteiger partial charge on any atom is 0.408 e. The fourth-order valence-electron chi connectivity index (χ4n) is 8.03. The van der Waals surface area contributed by atoms with Gasteiger partial charge in [0.15, 0.2) is 6.29 Å². The molecule has 0 saturated carbocycles. The third-order valence-corrected chi connectivity index (χ3v) is 11.4. The molecule has 0 bridgehead atoms. The Labute approximate surface area is 353 Å². The van der Waals surface area contributed by atoms with E-state index in [0.717, 1.165) is 70.8 Å². The number of nitrogens with one attached hydrogen (secondary N) is 1. The smallest absolute Gasteiger partial charge is 0.408 e. The van der Waals surface area contributed by atoms with Crippen molar-refractivity contribution in [3.8, 4) is 11.1 Å². The van der Waals surface area contributed by atoms with Gasteiger partial charge in [-0.25, -0.2) is 4.79 Å². The molecule has 0 spiro atoms. The van der Waals surface area contributed by atoms with Crippen molar-refractivity contribution in [3.63, 3.8) is 0 Å². The number of non-ortho nitro benzene ring substituents is 1. The SMILES string of the molecule is O=C(NC1CC(=O)N(Cc2cccc(-c3ccc([C@@H]4O[C@H](CN5CCN(c6ccc([N+](=O)[O-])cc6)CC5)C[C@H](c5ccc(CO)cc5)O4)cc3)c2)C1=O)OCc1ccccc1. The van der Waals surface area contributed by atoms with Crippen LogP contribution < -0.4 is 10.2 Å². The molecule has 14 nitrogen and oxygen atoms in total. The standard InChI is InChI=1S/C47H47N5O9/c53-30-32-9-11-36(12-10-32)43-26-41(29-49-21-23-50(24-22-49)39-17-19-40(20-18-39)52(57)58)60-46(61-43)37-15-13-35(14-16-37)38-8-4-7-34(25-38)28-51-44(54)27-42(45(51)55)48-47(56)59-31-33-5-2-1-3-6-33/h1-20,25,41-43,46,53H,21-24,26-31H2,(H,48,56)/t41-,42?,43+,46+/m0/s1. The largest absolute Gasteiger partial charge is 0.445 e. The lowest BCUT2D eigenvalue weighted by Crippen LogP contribution is -2.49. The van der Waals surface area contributed by atoms with E-state index in [1.165, 1.54) is 4.90 Å².